The molecule has 0 amide bonds. The number of hydrogen-bond donors (Lipinski definition) is 0. The molecule has 0 atom stereocenters. The molecule has 2 heterocycles. The summed E-state index contributed by atoms with van der Waals surface area (Å²) in [5.41, 5.74) is 3.37. The molecule has 0 N–H and O–H groups in total. The van der Waals surface area contributed by atoms with Crippen LogP contribution in [-0.2, 0) is 0 Å². The van der Waals surface area contributed by atoms with Crippen LogP contribution in [0.3, 0.4) is 0 Å². The Morgan fingerprint density at radius 2 is 1.76 bits per heavy atom. The van der Waals surface area contributed by atoms with Gasteiger partial charge in [-0.05, 0) is 18.2 Å². The molecular weight excluding hydrogens is 212 g/mol. The fourth-order valence-corrected chi connectivity index (χ4v) is 1.85. The molecule has 0 spiro atoms. The first-order valence-electron chi connectivity index (χ1n) is 5.38. The molecule has 2 aromatic rings. The van der Waals surface area contributed by atoms with E-state index in [0.29, 0.717) is 5.69 Å². The van der Waals surface area contributed by atoms with Crippen LogP contribution < -0.4 is 4.73 Å². The van der Waals surface area contributed by atoms with Crippen LogP contribution in [0.2, 0.25) is 0 Å². The highest BCUT2D eigenvalue weighted by Gasteiger charge is 2.09. The lowest BCUT2D eigenvalue weighted by Crippen LogP contribution is -2.30. The maximum absolute atomic E-state index is 11.6. The third kappa shape index (κ3) is 1.72. The van der Waals surface area contributed by atoms with Crippen LogP contribution >= 0.6 is 0 Å². The van der Waals surface area contributed by atoms with Crippen LogP contribution in [0.15, 0.2) is 47.6 Å². The summed E-state index contributed by atoms with van der Waals surface area (Å²) >= 11 is 0. The Labute approximate surface area is 99.0 Å². The van der Waals surface area contributed by atoms with Gasteiger partial charge in [-0.2, -0.15) is 4.73 Å². The van der Waals surface area contributed by atoms with E-state index in [0.717, 1.165) is 21.5 Å². The zero-order valence-electron chi connectivity index (χ0n) is 9.08. The highest BCUT2D eigenvalue weighted by molar-refractivity contribution is 5.90. The molecule has 0 bridgehead atoms. The van der Waals surface area contributed by atoms with Gasteiger partial charge in [0.2, 0.25) is 5.69 Å². The van der Waals surface area contributed by atoms with Crippen molar-refractivity contribution in [3.63, 3.8) is 0 Å². The van der Waals surface area contributed by atoms with Crippen LogP contribution in [0, 0.1) is 5.21 Å². The maximum Gasteiger partial charge on any atom is 0.225 e. The van der Waals surface area contributed by atoms with Gasteiger partial charge in [0, 0.05) is 23.9 Å². The Morgan fingerprint density at radius 1 is 0.941 bits per heavy atom. The van der Waals surface area contributed by atoms with Gasteiger partial charge in [-0.25, -0.2) is 0 Å². The molecule has 1 aliphatic rings. The van der Waals surface area contributed by atoms with Crippen molar-refractivity contribution in [2.24, 2.45) is 4.99 Å². The summed E-state index contributed by atoms with van der Waals surface area (Å²) in [6, 6.07) is 11.4. The second-order valence-electron chi connectivity index (χ2n) is 3.82. The average molecular weight is 222 g/mol. The third-order valence-corrected chi connectivity index (χ3v) is 2.73. The minimum absolute atomic E-state index is 0.616. The fraction of sp³-hybridized carbons (Fsp3) is 0. The van der Waals surface area contributed by atoms with Gasteiger partial charge in [-0.15, -0.1) is 0 Å². The predicted octanol–water partition coefficient (Wildman–Crippen LogP) is 2.55. The Morgan fingerprint density at radius 3 is 2.71 bits per heavy atom. The summed E-state index contributed by atoms with van der Waals surface area (Å²) in [6.07, 6.45) is 6.96. The van der Waals surface area contributed by atoms with Crippen molar-refractivity contribution in [2.75, 3.05) is 0 Å². The van der Waals surface area contributed by atoms with Crippen molar-refractivity contribution in [1.82, 2.24) is 0 Å². The van der Waals surface area contributed by atoms with Crippen molar-refractivity contribution in [3.05, 3.63) is 64.6 Å². The summed E-state index contributed by atoms with van der Waals surface area (Å²) in [6.45, 7) is 0. The molecule has 1 aromatic carbocycles. The molecule has 1 aromatic heterocycles. The van der Waals surface area contributed by atoms with Crippen LogP contribution in [-0.4, -0.2) is 6.21 Å². The monoisotopic (exact) mass is 222 g/mol. The number of nitrogens with zero attached hydrogens (tertiary/aromatic N) is 2. The fourth-order valence-electron chi connectivity index (χ4n) is 1.85. The zero-order chi connectivity index (χ0) is 11.7. The smallest absolute Gasteiger partial charge is 0.225 e. The number of aromatic nitrogens is 1. The summed E-state index contributed by atoms with van der Waals surface area (Å²) in [5, 5.41) is 11.6. The first-order valence-corrected chi connectivity index (χ1v) is 5.38. The Balaban J connectivity index is 2.21. The Hall–Kier alpha value is -2.42. The van der Waals surface area contributed by atoms with E-state index >= 15 is 0 Å². The number of para-hydroxylation sites is 1. The minimum Gasteiger partial charge on any atom is -0.618 e. The maximum atomic E-state index is 11.6. The Kier molecular flexibility index (Phi) is 2.22. The number of pyridine rings is 1. The molecule has 0 fully saturated rings. The normalized spacial score (nSPS) is 12.5. The molecule has 17 heavy (non-hydrogen) atoms. The summed E-state index contributed by atoms with van der Waals surface area (Å²) < 4.78 is 0.853. The topological polar surface area (TPSA) is 39.3 Å². The standard InChI is InChI=1S/C14H10N2O/c17-16-9-3-5-12-10-15-13-6-2-1-4-11(13)7-8-14(12)16/h1-10H. The lowest BCUT2D eigenvalue weighted by molar-refractivity contribution is -0.607. The SMILES string of the molecule is [O-][n+]1cccc2c1C=Cc1ccccc1N=C2. The molecule has 82 valence electrons. The van der Waals surface area contributed by atoms with E-state index in [9.17, 15) is 5.21 Å². The van der Waals surface area contributed by atoms with E-state index in [2.05, 4.69) is 4.99 Å². The largest absolute Gasteiger partial charge is 0.618 e. The van der Waals surface area contributed by atoms with Gasteiger partial charge in [-0.1, -0.05) is 18.2 Å². The number of benzene rings is 1. The third-order valence-electron chi connectivity index (χ3n) is 2.73. The highest BCUT2D eigenvalue weighted by Crippen LogP contribution is 2.23. The molecule has 3 rings (SSSR count). The van der Waals surface area contributed by atoms with Crippen molar-refractivity contribution >= 4 is 24.1 Å². The van der Waals surface area contributed by atoms with Crippen LogP contribution in [0.4, 0.5) is 5.69 Å². The van der Waals surface area contributed by atoms with Gasteiger partial charge in [0.15, 0.2) is 6.20 Å². The summed E-state index contributed by atoms with van der Waals surface area (Å²) in [7, 11) is 0. The van der Waals surface area contributed by atoms with Crippen molar-refractivity contribution in [3.8, 4) is 0 Å². The van der Waals surface area contributed by atoms with E-state index in [-0.39, 0.29) is 0 Å². The van der Waals surface area contributed by atoms with Crippen molar-refractivity contribution in [1.29, 1.82) is 0 Å². The first-order chi connectivity index (χ1) is 8.34. The number of fused-ring (bicyclic) bond motifs is 2. The van der Waals surface area contributed by atoms with E-state index < -0.39 is 0 Å². The molecule has 0 saturated heterocycles. The lowest BCUT2D eigenvalue weighted by Gasteiger charge is -2.06. The van der Waals surface area contributed by atoms with Gasteiger partial charge in [0.1, 0.15) is 0 Å². The molecule has 1 aliphatic heterocycles. The molecule has 0 radical (unpaired) electrons. The van der Waals surface area contributed by atoms with Crippen LogP contribution in [0.5, 0.6) is 0 Å². The molecule has 0 saturated carbocycles. The van der Waals surface area contributed by atoms with Gasteiger partial charge < -0.3 is 5.21 Å². The number of hydrogen-bond acceptors (Lipinski definition) is 2. The van der Waals surface area contributed by atoms with Crippen molar-refractivity contribution in [2.45, 2.75) is 0 Å². The average Bonchev–Trinajstić information content (AvgIpc) is 2.33. The first kappa shape index (κ1) is 9.78. The van der Waals surface area contributed by atoms with E-state index in [4.69, 9.17) is 0 Å². The second kappa shape index (κ2) is 3.87. The minimum atomic E-state index is 0.616. The zero-order valence-corrected chi connectivity index (χ0v) is 9.08. The molecular formula is C14H10N2O. The molecule has 0 aliphatic carbocycles. The van der Waals surface area contributed by atoms with E-state index in [1.807, 2.05) is 42.5 Å². The highest BCUT2D eigenvalue weighted by atomic mass is 16.5. The number of aliphatic imine (C=N–C) groups is 1. The Bertz CT molecular complexity index is 630. The molecule has 0 unspecified atom stereocenters. The summed E-state index contributed by atoms with van der Waals surface area (Å²) in [4.78, 5) is 4.40. The molecule has 3 nitrogen and oxygen atoms in total. The molecule has 3 heteroatoms. The van der Waals surface area contributed by atoms with E-state index in [1.54, 1.807) is 12.3 Å². The van der Waals surface area contributed by atoms with Crippen molar-refractivity contribution < 1.29 is 4.73 Å². The van der Waals surface area contributed by atoms with Crippen LogP contribution in [0.1, 0.15) is 16.8 Å². The summed E-state index contributed by atoms with van der Waals surface area (Å²) in [5.74, 6) is 0. The lowest BCUT2D eigenvalue weighted by atomic mass is 10.1. The van der Waals surface area contributed by atoms with Gasteiger partial charge >= 0.3 is 0 Å². The number of rotatable bonds is 0. The van der Waals surface area contributed by atoms with Crippen LogP contribution in [0.25, 0.3) is 12.2 Å². The second-order valence-corrected chi connectivity index (χ2v) is 3.82. The van der Waals surface area contributed by atoms with E-state index in [1.165, 1.54) is 6.20 Å². The quantitative estimate of drug-likeness (QED) is 0.425. The van der Waals surface area contributed by atoms with Gasteiger partial charge in [0.05, 0.1) is 11.3 Å². The van der Waals surface area contributed by atoms with Gasteiger partial charge in [-0.3, -0.25) is 4.99 Å². The predicted molar refractivity (Wildman–Crippen MR) is 68.0 cm³/mol. The van der Waals surface area contributed by atoms with Gasteiger partial charge in [0.25, 0.3) is 0 Å².